The van der Waals surface area contributed by atoms with Crippen molar-refractivity contribution in [2.24, 2.45) is 11.8 Å². The molecule has 1 unspecified atom stereocenters. The zero-order valence-electron chi connectivity index (χ0n) is 8.43. The second-order valence-electron chi connectivity index (χ2n) is 4.78. The van der Waals surface area contributed by atoms with E-state index in [0.29, 0.717) is 11.7 Å². The fourth-order valence-corrected chi connectivity index (χ4v) is 2.38. The maximum absolute atomic E-state index is 11.6. The number of hydrogen-bond donors (Lipinski definition) is 0. The molecular weight excluding hydrogens is 160 g/mol. The molecule has 0 heterocycles. The lowest BCUT2D eigenvalue weighted by Crippen LogP contribution is -2.12. The minimum absolute atomic E-state index is 0.447. The van der Waals surface area contributed by atoms with Gasteiger partial charge in [0.15, 0.2) is 0 Å². The second kappa shape index (κ2) is 4.26. The first kappa shape index (κ1) is 9.23. The van der Waals surface area contributed by atoms with Gasteiger partial charge in [0.1, 0.15) is 5.78 Å². The molecule has 0 aromatic heterocycles. The van der Waals surface area contributed by atoms with Crippen molar-refractivity contribution in [3.8, 4) is 0 Å². The van der Waals surface area contributed by atoms with Crippen LogP contribution in [0.2, 0.25) is 0 Å². The summed E-state index contributed by atoms with van der Waals surface area (Å²) in [6.07, 6.45) is 11.2. The average Bonchev–Trinajstić information content (AvgIpc) is 2.90. The molecule has 1 atom stereocenters. The molecule has 0 amide bonds. The first-order valence-electron chi connectivity index (χ1n) is 5.89. The van der Waals surface area contributed by atoms with Gasteiger partial charge in [0, 0.05) is 12.3 Å². The van der Waals surface area contributed by atoms with Gasteiger partial charge < -0.3 is 0 Å². The second-order valence-corrected chi connectivity index (χ2v) is 4.78. The molecule has 0 aromatic rings. The highest BCUT2D eigenvalue weighted by molar-refractivity contribution is 5.81. The highest BCUT2D eigenvalue weighted by atomic mass is 16.1. The topological polar surface area (TPSA) is 17.1 Å². The summed E-state index contributed by atoms with van der Waals surface area (Å²) in [5.74, 6) is 2.01. The molecule has 2 fully saturated rings. The van der Waals surface area contributed by atoms with Gasteiger partial charge in [-0.2, -0.15) is 0 Å². The normalized spacial score (nSPS) is 30.2. The van der Waals surface area contributed by atoms with Gasteiger partial charge in [0.2, 0.25) is 0 Å². The third-order valence-corrected chi connectivity index (χ3v) is 3.55. The molecule has 0 aliphatic heterocycles. The van der Waals surface area contributed by atoms with Crippen molar-refractivity contribution in [3.63, 3.8) is 0 Å². The third-order valence-electron chi connectivity index (χ3n) is 3.55. The third kappa shape index (κ3) is 2.82. The van der Waals surface area contributed by atoms with E-state index in [9.17, 15) is 4.79 Å². The molecule has 74 valence electrons. The Hall–Kier alpha value is -0.330. The zero-order chi connectivity index (χ0) is 9.10. The van der Waals surface area contributed by atoms with Crippen LogP contribution in [0, 0.1) is 11.8 Å². The Morgan fingerprint density at radius 3 is 2.62 bits per heavy atom. The highest BCUT2D eigenvalue weighted by Gasteiger charge is 2.25. The maximum atomic E-state index is 11.6. The van der Waals surface area contributed by atoms with Crippen molar-refractivity contribution in [3.05, 3.63) is 0 Å². The molecule has 2 saturated carbocycles. The summed E-state index contributed by atoms with van der Waals surface area (Å²) in [7, 11) is 0. The number of carbonyl (C=O) groups excluding carboxylic acids is 1. The summed E-state index contributed by atoms with van der Waals surface area (Å²) in [4.78, 5) is 11.6. The molecule has 0 N–H and O–H groups in total. The van der Waals surface area contributed by atoms with Crippen LogP contribution in [0.4, 0.5) is 0 Å². The van der Waals surface area contributed by atoms with Crippen LogP contribution in [0.25, 0.3) is 0 Å². The van der Waals surface area contributed by atoms with Crippen molar-refractivity contribution in [2.45, 2.75) is 57.8 Å². The molecular formula is C12H20O. The number of Topliss-reactive ketones (excluding diaryl/α,β-unsaturated/α-hetero) is 1. The van der Waals surface area contributed by atoms with Crippen molar-refractivity contribution in [2.75, 3.05) is 0 Å². The lowest BCUT2D eigenvalue weighted by atomic mass is 9.93. The lowest BCUT2D eigenvalue weighted by molar-refractivity contribution is -0.122. The summed E-state index contributed by atoms with van der Waals surface area (Å²) in [6, 6.07) is 0. The highest BCUT2D eigenvalue weighted by Crippen LogP contribution is 2.36. The van der Waals surface area contributed by atoms with Crippen LogP contribution in [0.3, 0.4) is 0 Å². The summed E-state index contributed by atoms with van der Waals surface area (Å²) in [5, 5.41) is 0. The molecule has 0 saturated heterocycles. The van der Waals surface area contributed by atoms with Gasteiger partial charge in [-0.05, 0) is 31.6 Å². The van der Waals surface area contributed by atoms with Crippen LogP contribution in [0.1, 0.15) is 57.8 Å². The van der Waals surface area contributed by atoms with E-state index >= 15 is 0 Å². The number of carbonyl (C=O) groups is 1. The first-order valence-corrected chi connectivity index (χ1v) is 5.89. The van der Waals surface area contributed by atoms with E-state index in [1.165, 1.54) is 44.9 Å². The molecule has 0 aromatic carbocycles. The van der Waals surface area contributed by atoms with E-state index in [4.69, 9.17) is 0 Å². The number of rotatable bonds is 3. The van der Waals surface area contributed by atoms with Gasteiger partial charge in [-0.15, -0.1) is 0 Å². The van der Waals surface area contributed by atoms with Gasteiger partial charge in [0.25, 0.3) is 0 Å². The van der Waals surface area contributed by atoms with Crippen molar-refractivity contribution in [1.29, 1.82) is 0 Å². The summed E-state index contributed by atoms with van der Waals surface area (Å²) in [5.41, 5.74) is 0. The van der Waals surface area contributed by atoms with Crippen LogP contribution >= 0.6 is 0 Å². The largest absolute Gasteiger partial charge is 0.299 e. The van der Waals surface area contributed by atoms with E-state index in [1.807, 2.05) is 0 Å². The predicted molar refractivity (Wildman–Crippen MR) is 53.5 cm³/mol. The molecule has 0 spiro atoms. The Labute approximate surface area is 80.9 Å². The Morgan fingerprint density at radius 1 is 1.00 bits per heavy atom. The monoisotopic (exact) mass is 180 g/mol. The number of hydrogen-bond acceptors (Lipinski definition) is 1. The van der Waals surface area contributed by atoms with E-state index in [0.717, 1.165) is 18.8 Å². The Balaban J connectivity index is 1.76. The van der Waals surface area contributed by atoms with Gasteiger partial charge in [0.05, 0.1) is 0 Å². The van der Waals surface area contributed by atoms with E-state index in [1.54, 1.807) is 0 Å². The SMILES string of the molecule is O=C1CCCCCC1CCC1CC1. The smallest absolute Gasteiger partial charge is 0.135 e. The van der Waals surface area contributed by atoms with Gasteiger partial charge in [-0.1, -0.05) is 25.7 Å². The summed E-state index contributed by atoms with van der Waals surface area (Å²) in [6.45, 7) is 0. The van der Waals surface area contributed by atoms with Crippen molar-refractivity contribution < 1.29 is 4.79 Å². The Kier molecular flexibility index (Phi) is 3.02. The predicted octanol–water partition coefficient (Wildman–Crippen LogP) is 3.33. The quantitative estimate of drug-likeness (QED) is 0.609. The molecule has 13 heavy (non-hydrogen) atoms. The van der Waals surface area contributed by atoms with Crippen molar-refractivity contribution in [1.82, 2.24) is 0 Å². The summed E-state index contributed by atoms with van der Waals surface area (Å²) < 4.78 is 0. The average molecular weight is 180 g/mol. The van der Waals surface area contributed by atoms with Gasteiger partial charge >= 0.3 is 0 Å². The molecule has 2 aliphatic carbocycles. The minimum Gasteiger partial charge on any atom is -0.299 e. The molecule has 1 nitrogen and oxygen atoms in total. The molecule has 2 aliphatic rings. The maximum Gasteiger partial charge on any atom is 0.135 e. The van der Waals surface area contributed by atoms with E-state index < -0.39 is 0 Å². The van der Waals surface area contributed by atoms with Crippen LogP contribution in [-0.2, 0) is 4.79 Å². The molecule has 2 rings (SSSR count). The lowest BCUT2D eigenvalue weighted by Gasteiger charge is -2.11. The standard InChI is InChI=1S/C12H20O/c13-12-5-3-1-2-4-11(12)9-8-10-6-7-10/h10-11H,1-9H2. The van der Waals surface area contributed by atoms with Crippen molar-refractivity contribution >= 4 is 5.78 Å². The Morgan fingerprint density at radius 2 is 1.85 bits per heavy atom. The molecule has 0 radical (unpaired) electrons. The van der Waals surface area contributed by atoms with Crippen LogP contribution in [0.5, 0.6) is 0 Å². The van der Waals surface area contributed by atoms with Gasteiger partial charge in [-0.3, -0.25) is 4.79 Å². The fourth-order valence-electron chi connectivity index (χ4n) is 2.38. The van der Waals surface area contributed by atoms with Gasteiger partial charge in [-0.25, -0.2) is 0 Å². The van der Waals surface area contributed by atoms with E-state index in [-0.39, 0.29) is 0 Å². The summed E-state index contributed by atoms with van der Waals surface area (Å²) >= 11 is 0. The first-order chi connectivity index (χ1) is 6.36. The van der Waals surface area contributed by atoms with Crippen LogP contribution in [-0.4, -0.2) is 5.78 Å². The Bertz CT molecular complexity index is 182. The minimum atomic E-state index is 0.447. The van der Waals surface area contributed by atoms with Crippen LogP contribution in [0.15, 0.2) is 0 Å². The zero-order valence-corrected chi connectivity index (χ0v) is 8.43. The number of ketones is 1. The fraction of sp³-hybridized carbons (Fsp3) is 0.917. The van der Waals surface area contributed by atoms with E-state index in [2.05, 4.69) is 0 Å². The van der Waals surface area contributed by atoms with Crippen LogP contribution < -0.4 is 0 Å². The molecule has 1 heteroatoms. The molecule has 0 bridgehead atoms.